The first-order chi connectivity index (χ1) is 5.93. The van der Waals surface area contributed by atoms with E-state index in [1.807, 2.05) is 0 Å². The van der Waals surface area contributed by atoms with Gasteiger partial charge in [0.05, 0.1) is 0 Å². The summed E-state index contributed by atoms with van der Waals surface area (Å²) >= 11 is 10.9. The smallest absolute Gasteiger partial charge is 0.216 e. The zero-order chi connectivity index (χ0) is 10.4. The molecule has 6 heteroatoms. The summed E-state index contributed by atoms with van der Waals surface area (Å²) in [6.07, 6.45) is 0.597. The van der Waals surface area contributed by atoms with Gasteiger partial charge in [0.1, 0.15) is 5.17 Å². The number of amidine groups is 1. The highest BCUT2D eigenvalue weighted by Crippen LogP contribution is 2.06. The van der Waals surface area contributed by atoms with Crippen LogP contribution in [0.2, 0.25) is 0 Å². The van der Waals surface area contributed by atoms with Crippen LogP contribution in [0.4, 0.5) is 0 Å². The normalized spacial score (nSPS) is 11.8. The van der Waals surface area contributed by atoms with Crippen molar-refractivity contribution in [1.29, 1.82) is 5.41 Å². The first-order valence-corrected chi connectivity index (χ1v) is 4.31. The highest BCUT2D eigenvalue weighted by atomic mass is 35.5. The van der Waals surface area contributed by atoms with E-state index in [0.29, 0.717) is 18.5 Å². The fourth-order valence-electron chi connectivity index (χ4n) is 0.580. The van der Waals surface area contributed by atoms with Crippen LogP contribution in [0, 0.1) is 5.41 Å². The number of halogens is 2. The SMILES string of the molecule is [B]N(C)CCC(=C)C(Cl)=NC(=N)Cl. The molecule has 0 saturated carbocycles. The maximum absolute atomic E-state index is 6.85. The van der Waals surface area contributed by atoms with Gasteiger partial charge in [0, 0.05) is 0 Å². The Morgan fingerprint density at radius 3 is 2.54 bits per heavy atom. The van der Waals surface area contributed by atoms with Crippen LogP contribution in [0.15, 0.2) is 17.1 Å². The molecule has 0 fully saturated rings. The quantitative estimate of drug-likeness (QED) is 0.332. The maximum Gasteiger partial charge on any atom is 0.216 e. The van der Waals surface area contributed by atoms with Crippen LogP contribution in [0.3, 0.4) is 0 Å². The second-order valence-electron chi connectivity index (χ2n) is 2.53. The van der Waals surface area contributed by atoms with E-state index in [-0.39, 0.29) is 10.5 Å². The molecule has 0 rings (SSSR count). The Balaban J connectivity index is 4.04. The molecule has 0 aliphatic carbocycles. The molecule has 2 radical (unpaired) electrons. The molecule has 0 aliphatic heterocycles. The van der Waals surface area contributed by atoms with E-state index in [9.17, 15) is 0 Å². The van der Waals surface area contributed by atoms with Gasteiger partial charge in [-0.3, -0.25) is 5.41 Å². The zero-order valence-corrected chi connectivity index (χ0v) is 8.86. The number of hydrogen-bond acceptors (Lipinski definition) is 2. The molecule has 0 saturated heterocycles. The Morgan fingerprint density at radius 2 is 2.15 bits per heavy atom. The van der Waals surface area contributed by atoms with Gasteiger partial charge in [-0.2, -0.15) is 0 Å². The van der Waals surface area contributed by atoms with Gasteiger partial charge >= 0.3 is 0 Å². The molecule has 13 heavy (non-hydrogen) atoms. The lowest BCUT2D eigenvalue weighted by Crippen LogP contribution is -2.16. The standard InChI is InChI=1S/C7H10BCl2N3/c1-5(3-4-13(2)8)6(9)12-7(10)11/h11H,1,3-4H2,2H3. The van der Waals surface area contributed by atoms with Crippen molar-refractivity contribution in [3.8, 4) is 0 Å². The van der Waals surface area contributed by atoms with E-state index < -0.39 is 0 Å². The summed E-state index contributed by atoms with van der Waals surface area (Å²) in [6, 6.07) is 0. The Morgan fingerprint density at radius 1 is 1.62 bits per heavy atom. The van der Waals surface area contributed by atoms with E-state index in [4.69, 9.17) is 36.6 Å². The molecule has 3 nitrogen and oxygen atoms in total. The molecule has 0 unspecified atom stereocenters. The minimum absolute atomic E-state index is 0.154. The van der Waals surface area contributed by atoms with Crippen molar-refractivity contribution in [2.24, 2.45) is 4.99 Å². The van der Waals surface area contributed by atoms with Crippen LogP contribution in [0.1, 0.15) is 6.42 Å². The Hall–Kier alpha value is -0.315. The van der Waals surface area contributed by atoms with Crippen LogP contribution in [0.5, 0.6) is 0 Å². The fourth-order valence-corrected chi connectivity index (χ4v) is 0.886. The second kappa shape index (κ2) is 6.19. The van der Waals surface area contributed by atoms with Crippen molar-refractivity contribution in [2.75, 3.05) is 13.6 Å². The summed E-state index contributed by atoms with van der Waals surface area (Å²) in [7, 11) is 7.12. The number of rotatable bonds is 4. The average molecular weight is 218 g/mol. The van der Waals surface area contributed by atoms with Crippen molar-refractivity contribution >= 4 is 41.6 Å². The molecule has 0 aromatic carbocycles. The van der Waals surface area contributed by atoms with E-state index in [2.05, 4.69) is 11.6 Å². The van der Waals surface area contributed by atoms with E-state index in [1.54, 1.807) is 7.05 Å². The first kappa shape index (κ1) is 12.7. The third kappa shape index (κ3) is 6.81. The number of nitrogens with zero attached hydrogens (tertiary/aromatic N) is 2. The first-order valence-electron chi connectivity index (χ1n) is 3.55. The Bertz CT molecular complexity index is 238. The summed E-state index contributed by atoms with van der Waals surface area (Å²) in [4.78, 5) is 5.04. The molecule has 0 amide bonds. The topological polar surface area (TPSA) is 39.5 Å². The minimum Gasteiger partial charge on any atom is -0.356 e. The molecule has 0 aromatic heterocycles. The molecule has 0 heterocycles. The predicted molar refractivity (Wildman–Crippen MR) is 59.0 cm³/mol. The number of nitrogens with one attached hydrogen (secondary N) is 1. The summed E-state index contributed by atoms with van der Waals surface area (Å²) < 4.78 is 0. The van der Waals surface area contributed by atoms with Crippen molar-refractivity contribution in [1.82, 2.24) is 4.81 Å². The van der Waals surface area contributed by atoms with Gasteiger partial charge in [-0.05, 0) is 37.2 Å². The molecule has 0 bridgehead atoms. The van der Waals surface area contributed by atoms with Gasteiger partial charge in [0.15, 0.2) is 7.98 Å². The molecule has 0 atom stereocenters. The summed E-state index contributed by atoms with van der Waals surface area (Å²) in [5.41, 5.74) is 0.615. The minimum atomic E-state index is -0.354. The van der Waals surface area contributed by atoms with Gasteiger partial charge in [-0.1, -0.05) is 18.2 Å². The third-order valence-electron chi connectivity index (χ3n) is 1.25. The largest absolute Gasteiger partial charge is 0.356 e. The van der Waals surface area contributed by atoms with Crippen LogP contribution in [-0.2, 0) is 0 Å². The molecule has 0 spiro atoms. The van der Waals surface area contributed by atoms with Crippen LogP contribution in [0.25, 0.3) is 0 Å². The lowest BCUT2D eigenvalue weighted by molar-refractivity contribution is 0.552. The Kier molecular flexibility index (Phi) is 6.04. The van der Waals surface area contributed by atoms with Crippen molar-refractivity contribution < 1.29 is 0 Å². The Labute approximate surface area is 89.4 Å². The summed E-state index contributed by atoms with van der Waals surface area (Å²) in [6.45, 7) is 4.30. The van der Waals surface area contributed by atoms with Crippen molar-refractivity contribution in [2.45, 2.75) is 6.42 Å². The highest BCUT2D eigenvalue weighted by molar-refractivity contribution is 6.73. The molecule has 70 valence electrons. The van der Waals surface area contributed by atoms with Crippen LogP contribution >= 0.6 is 23.2 Å². The number of hydrogen-bond donors (Lipinski definition) is 1. The number of aliphatic imine (C=N–C) groups is 1. The highest BCUT2D eigenvalue weighted by Gasteiger charge is 2.02. The van der Waals surface area contributed by atoms with E-state index in [0.717, 1.165) is 0 Å². The maximum atomic E-state index is 6.85. The monoisotopic (exact) mass is 217 g/mol. The average Bonchev–Trinajstić information content (AvgIpc) is 1.98. The van der Waals surface area contributed by atoms with Gasteiger partial charge < -0.3 is 4.81 Å². The van der Waals surface area contributed by atoms with Gasteiger partial charge in [-0.25, -0.2) is 4.99 Å². The van der Waals surface area contributed by atoms with Gasteiger partial charge in [0.2, 0.25) is 5.29 Å². The third-order valence-corrected chi connectivity index (χ3v) is 1.69. The van der Waals surface area contributed by atoms with E-state index in [1.165, 1.54) is 4.81 Å². The lowest BCUT2D eigenvalue weighted by atomic mass is 10.2. The van der Waals surface area contributed by atoms with Crippen molar-refractivity contribution in [3.63, 3.8) is 0 Å². The van der Waals surface area contributed by atoms with Crippen LogP contribution < -0.4 is 0 Å². The van der Waals surface area contributed by atoms with Crippen LogP contribution in [-0.4, -0.2) is 36.9 Å². The second-order valence-corrected chi connectivity index (χ2v) is 3.24. The molecular formula is C7H10BCl2N3. The zero-order valence-electron chi connectivity index (χ0n) is 7.35. The fraction of sp³-hybridized carbons (Fsp3) is 0.429. The summed E-state index contributed by atoms with van der Waals surface area (Å²) in [5, 5.41) is 6.65. The van der Waals surface area contributed by atoms with Gasteiger partial charge in [0.25, 0.3) is 0 Å². The molecular weight excluding hydrogens is 208 g/mol. The molecule has 0 aliphatic rings. The van der Waals surface area contributed by atoms with Gasteiger partial charge in [-0.15, -0.1) is 0 Å². The van der Waals surface area contributed by atoms with E-state index >= 15 is 0 Å². The van der Waals surface area contributed by atoms with Crippen molar-refractivity contribution in [3.05, 3.63) is 12.2 Å². The summed E-state index contributed by atoms with van der Waals surface area (Å²) in [5.74, 6) is 0. The molecule has 0 aromatic rings. The predicted octanol–water partition coefficient (Wildman–Crippen LogP) is 1.76. The molecule has 1 N–H and O–H groups in total. The lowest BCUT2D eigenvalue weighted by Gasteiger charge is -2.09.